The first-order chi connectivity index (χ1) is 13.3. The van der Waals surface area contributed by atoms with E-state index >= 15 is 0 Å². The topological polar surface area (TPSA) is 60.9 Å². The van der Waals surface area contributed by atoms with Crippen molar-refractivity contribution >= 4 is 10.0 Å². The molecular weight excluding hydrogens is 372 g/mol. The molecule has 1 saturated heterocycles. The van der Waals surface area contributed by atoms with Gasteiger partial charge in [0.05, 0.1) is 4.90 Å². The van der Waals surface area contributed by atoms with E-state index in [0.717, 1.165) is 36.0 Å². The van der Waals surface area contributed by atoms with Crippen LogP contribution in [0.25, 0.3) is 0 Å². The second-order valence-corrected chi connectivity index (χ2v) is 9.96. The summed E-state index contributed by atoms with van der Waals surface area (Å²) in [5.41, 5.74) is 5.31. The van der Waals surface area contributed by atoms with Crippen molar-refractivity contribution in [2.24, 2.45) is 0 Å². The summed E-state index contributed by atoms with van der Waals surface area (Å²) in [6, 6.07) is 9.62. The van der Waals surface area contributed by atoms with Crippen molar-refractivity contribution in [1.82, 2.24) is 9.21 Å². The molecule has 1 fully saturated rings. The molecule has 0 spiro atoms. The quantitative estimate of drug-likeness (QED) is 0.857. The lowest BCUT2D eigenvalue weighted by Crippen LogP contribution is -2.48. The van der Waals surface area contributed by atoms with Crippen LogP contribution in [0.5, 0.6) is 5.75 Å². The zero-order chi connectivity index (χ0) is 19.9. The Morgan fingerprint density at radius 1 is 0.964 bits per heavy atom. The summed E-state index contributed by atoms with van der Waals surface area (Å²) in [5, 5.41) is 10.4. The zero-order valence-electron chi connectivity index (χ0n) is 16.6. The lowest BCUT2D eigenvalue weighted by atomic mass is 10.0. The highest BCUT2D eigenvalue weighted by atomic mass is 32.2. The maximum atomic E-state index is 13.1. The standard InChI is InChI=1S/C22H28N2O3S/c1-16-6-7-17(2)22(12-16)28(26,27)24-10-8-23(9-11-24)15-20-13-18-4-3-5-19(18)14-21(20)25/h6-7,12-14,25H,3-5,8-11,15H2,1-2H3. The average molecular weight is 401 g/mol. The molecule has 0 unspecified atom stereocenters. The van der Waals surface area contributed by atoms with E-state index in [1.165, 1.54) is 11.1 Å². The number of nitrogens with zero attached hydrogens (tertiary/aromatic N) is 2. The summed E-state index contributed by atoms with van der Waals surface area (Å²) in [5.74, 6) is 0.367. The third kappa shape index (κ3) is 3.69. The van der Waals surface area contributed by atoms with Gasteiger partial charge in [0.25, 0.3) is 0 Å². The molecule has 1 N–H and O–H groups in total. The predicted octanol–water partition coefficient (Wildman–Crippen LogP) is 3.00. The van der Waals surface area contributed by atoms with E-state index in [4.69, 9.17) is 0 Å². The molecule has 0 radical (unpaired) electrons. The van der Waals surface area contributed by atoms with Crippen LogP contribution in [0.15, 0.2) is 35.2 Å². The van der Waals surface area contributed by atoms with E-state index in [0.29, 0.717) is 43.4 Å². The number of fused-ring (bicyclic) bond motifs is 1. The van der Waals surface area contributed by atoms with E-state index in [1.807, 2.05) is 32.0 Å². The van der Waals surface area contributed by atoms with Crippen molar-refractivity contribution < 1.29 is 13.5 Å². The first-order valence-corrected chi connectivity index (χ1v) is 11.4. The molecule has 1 aliphatic heterocycles. The number of hydrogen-bond donors (Lipinski definition) is 1. The Hall–Kier alpha value is -1.89. The van der Waals surface area contributed by atoms with Gasteiger partial charge in [0, 0.05) is 38.3 Å². The van der Waals surface area contributed by atoms with E-state index in [2.05, 4.69) is 11.0 Å². The van der Waals surface area contributed by atoms with E-state index < -0.39 is 10.0 Å². The molecule has 150 valence electrons. The molecule has 2 aliphatic rings. The average Bonchev–Trinajstić information content (AvgIpc) is 3.11. The van der Waals surface area contributed by atoms with Crippen molar-refractivity contribution in [3.63, 3.8) is 0 Å². The Morgan fingerprint density at radius 2 is 1.64 bits per heavy atom. The zero-order valence-corrected chi connectivity index (χ0v) is 17.4. The lowest BCUT2D eigenvalue weighted by molar-refractivity contribution is 0.180. The maximum absolute atomic E-state index is 13.1. The minimum Gasteiger partial charge on any atom is -0.508 e. The van der Waals surface area contributed by atoms with Gasteiger partial charge in [0.15, 0.2) is 0 Å². The van der Waals surface area contributed by atoms with Crippen molar-refractivity contribution in [2.45, 2.75) is 44.6 Å². The van der Waals surface area contributed by atoms with E-state index in [9.17, 15) is 13.5 Å². The highest BCUT2D eigenvalue weighted by Gasteiger charge is 2.30. The monoisotopic (exact) mass is 400 g/mol. The SMILES string of the molecule is Cc1ccc(C)c(S(=O)(=O)N2CCN(Cc3cc4c(cc3O)CCC4)CC2)c1. The van der Waals surface area contributed by atoms with Crippen LogP contribution in [0.3, 0.4) is 0 Å². The molecule has 0 bridgehead atoms. The summed E-state index contributed by atoms with van der Waals surface area (Å²) < 4.78 is 27.7. The smallest absolute Gasteiger partial charge is 0.243 e. The Bertz CT molecular complexity index is 993. The Balaban J connectivity index is 1.44. The molecule has 5 nitrogen and oxygen atoms in total. The van der Waals surface area contributed by atoms with Gasteiger partial charge in [-0.15, -0.1) is 0 Å². The van der Waals surface area contributed by atoms with Crippen LogP contribution in [0.4, 0.5) is 0 Å². The highest BCUT2D eigenvalue weighted by Crippen LogP contribution is 2.30. The fraction of sp³-hybridized carbons (Fsp3) is 0.455. The van der Waals surface area contributed by atoms with Gasteiger partial charge in [-0.2, -0.15) is 4.31 Å². The van der Waals surface area contributed by atoms with Gasteiger partial charge in [-0.1, -0.05) is 18.2 Å². The molecule has 6 heteroatoms. The highest BCUT2D eigenvalue weighted by molar-refractivity contribution is 7.89. The maximum Gasteiger partial charge on any atom is 0.243 e. The second-order valence-electron chi connectivity index (χ2n) is 8.05. The molecule has 4 rings (SSSR count). The lowest BCUT2D eigenvalue weighted by Gasteiger charge is -2.34. The van der Waals surface area contributed by atoms with Crippen LogP contribution in [-0.2, 0) is 29.4 Å². The van der Waals surface area contributed by atoms with Gasteiger partial charge in [-0.3, -0.25) is 4.90 Å². The van der Waals surface area contributed by atoms with Gasteiger partial charge in [0.2, 0.25) is 10.0 Å². The van der Waals surface area contributed by atoms with Crippen molar-refractivity contribution in [3.8, 4) is 5.75 Å². The van der Waals surface area contributed by atoms with Gasteiger partial charge in [-0.05, 0) is 67.5 Å². The minimum atomic E-state index is -3.47. The molecule has 2 aromatic carbocycles. The van der Waals surface area contributed by atoms with Crippen LogP contribution in [0, 0.1) is 13.8 Å². The first-order valence-electron chi connectivity index (χ1n) is 9.98. The summed E-state index contributed by atoms with van der Waals surface area (Å²) in [6.07, 6.45) is 3.30. The summed E-state index contributed by atoms with van der Waals surface area (Å²) in [7, 11) is -3.47. The van der Waals surface area contributed by atoms with Crippen LogP contribution in [0.1, 0.15) is 34.2 Å². The first kappa shape index (κ1) is 19.4. The number of aromatic hydroxyl groups is 1. The third-order valence-corrected chi connectivity index (χ3v) is 8.02. The summed E-state index contributed by atoms with van der Waals surface area (Å²) in [6.45, 7) is 6.71. The number of sulfonamides is 1. The molecule has 0 aromatic heterocycles. The molecule has 1 heterocycles. The number of benzene rings is 2. The third-order valence-electron chi connectivity index (χ3n) is 5.98. The second kappa shape index (κ2) is 7.50. The Kier molecular flexibility index (Phi) is 5.21. The van der Waals surface area contributed by atoms with Crippen molar-refractivity contribution in [1.29, 1.82) is 0 Å². The number of hydrogen-bond acceptors (Lipinski definition) is 4. The summed E-state index contributed by atoms with van der Waals surface area (Å²) >= 11 is 0. The van der Waals surface area contributed by atoms with E-state index in [-0.39, 0.29) is 0 Å². The minimum absolute atomic E-state index is 0.367. The van der Waals surface area contributed by atoms with Crippen LogP contribution >= 0.6 is 0 Å². The van der Waals surface area contributed by atoms with Gasteiger partial charge in [-0.25, -0.2) is 8.42 Å². The molecule has 0 saturated carbocycles. The van der Waals surface area contributed by atoms with E-state index in [1.54, 1.807) is 10.4 Å². The van der Waals surface area contributed by atoms with Crippen molar-refractivity contribution in [2.75, 3.05) is 26.2 Å². The van der Waals surface area contributed by atoms with Gasteiger partial charge in [0.1, 0.15) is 5.75 Å². The molecule has 28 heavy (non-hydrogen) atoms. The molecule has 0 atom stereocenters. The van der Waals surface area contributed by atoms with Gasteiger partial charge >= 0.3 is 0 Å². The van der Waals surface area contributed by atoms with Crippen molar-refractivity contribution in [3.05, 3.63) is 58.1 Å². The largest absolute Gasteiger partial charge is 0.508 e. The molecular formula is C22H28N2O3S. The number of phenols is 1. The molecule has 2 aromatic rings. The fourth-order valence-electron chi connectivity index (χ4n) is 4.28. The Labute approximate surface area is 167 Å². The number of piperazine rings is 1. The number of phenolic OH excluding ortho intramolecular Hbond substituents is 1. The summed E-state index contributed by atoms with van der Waals surface area (Å²) in [4.78, 5) is 2.64. The fourth-order valence-corrected chi connectivity index (χ4v) is 6.01. The normalized spacial score (nSPS) is 18.4. The van der Waals surface area contributed by atoms with Crippen LogP contribution in [0.2, 0.25) is 0 Å². The molecule has 1 aliphatic carbocycles. The van der Waals surface area contributed by atoms with Crippen LogP contribution < -0.4 is 0 Å². The molecule has 0 amide bonds. The number of aryl methyl sites for hydroxylation is 4. The Morgan fingerprint density at radius 3 is 2.36 bits per heavy atom. The number of rotatable bonds is 4. The van der Waals surface area contributed by atoms with Crippen LogP contribution in [-0.4, -0.2) is 48.9 Å². The van der Waals surface area contributed by atoms with Gasteiger partial charge < -0.3 is 5.11 Å². The predicted molar refractivity (Wildman–Crippen MR) is 110 cm³/mol.